The van der Waals surface area contributed by atoms with Crippen molar-refractivity contribution in [1.82, 2.24) is 0 Å². The predicted molar refractivity (Wildman–Crippen MR) is 45.2 cm³/mol. The number of rotatable bonds is 1. The minimum Gasteiger partial charge on any atom is -0.388 e. The maximum Gasteiger partial charge on any atom is 0.163 e. The summed E-state index contributed by atoms with van der Waals surface area (Å²) in [7, 11) is 0. The molecule has 2 rings (SSSR count). The third-order valence-corrected chi connectivity index (χ3v) is 2.48. The molecular weight excluding hydrogens is 172 g/mol. The van der Waals surface area contributed by atoms with E-state index in [0.717, 1.165) is 0 Å². The fourth-order valence-corrected chi connectivity index (χ4v) is 1.65. The zero-order chi connectivity index (χ0) is 9.64. The van der Waals surface area contributed by atoms with Crippen LogP contribution < -0.4 is 0 Å². The van der Waals surface area contributed by atoms with Crippen LogP contribution in [0.3, 0.4) is 0 Å². The molecule has 0 aromatic rings. The molecule has 0 saturated carbocycles. The van der Waals surface area contributed by atoms with Crippen LogP contribution in [0, 0.1) is 0 Å². The van der Waals surface area contributed by atoms with Gasteiger partial charge in [-0.1, -0.05) is 0 Å². The van der Waals surface area contributed by atoms with E-state index in [9.17, 15) is 5.11 Å². The molecular formula is C9H16O4. The molecule has 0 aliphatic carbocycles. The summed E-state index contributed by atoms with van der Waals surface area (Å²) < 4.78 is 16.2. The van der Waals surface area contributed by atoms with Crippen LogP contribution in [0.2, 0.25) is 0 Å². The molecule has 2 fully saturated rings. The SMILES string of the molecule is C[C@H]1O[C@@H]1[C@@H]1OC(C)(C)OC[C@H]1O. The molecule has 2 aliphatic heterocycles. The van der Waals surface area contributed by atoms with Gasteiger partial charge in [0.15, 0.2) is 5.79 Å². The Morgan fingerprint density at radius 3 is 2.46 bits per heavy atom. The number of epoxide rings is 1. The third kappa shape index (κ3) is 1.86. The summed E-state index contributed by atoms with van der Waals surface area (Å²) in [5.74, 6) is -0.602. The van der Waals surface area contributed by atoms with Gasteiger partial charge in [-0.15, -0.1) is 0 Å². The summed E-state index contributed by atoms with van der Waals surface area (Å²) in [4.78, 5) is 0. The van der Waals surface area contributed by atoms with Gasteiger partial charge in [-0.25, -0.2) is 0 Å². The molecule has 0 aromatic carbocycles. The van der Waals surface area contributed by atoms with E-state index in [-0.39, 0.29) is 18.3 Å². The van der Waals surface area contributed by atoms with Crippen molar-refractivity contribution in [3.05, 3.63) is 0 Å². The quantitative estimate of drug-likeness (QED) is 0.601. The van der Waals surface area contributed by atoms with Crippen molar-refractivity contribution >= 4 is 0 Å². The first-order chi connectivity index (χ1) is 5.99. The first-order valence-electron chi connectivity index (χ1n) is 4.65. The second kappa shape index (κ2) is 2.92. The Labute approximate surface area is 77.8 Å². The van der Waals surface area contributed by atoms with Crippen molar-refractivity contribution in [3.63, 3.8) is 0 Å². The van der Waals surface area contributed by atoms with E-state index in [0.29, 0.717) is 6.61 Å². The maximum atomic E-state index is 9.60. The van der Waals surface area contributed by atoms with Gasteiger partial charge in [0, 0.05) is 0 Å². The number of aliphatic hydroxyl groups is 1. The Kier molecular flexibility index (Phi) is 2.11. The van der Waals surface area contributed by atoms with Crippen LogP contribution in [-0.4, -0.2) is 41.9 Å². The summed E-state index contributed by atoms with van der Waals surface area (Å²) in [5, 5.41) is 9.60. The Bertz CT molecular complexity index is 202. The number of aliphatic hydroxyl groups excluding tert-OH is 1. The van der Waals surface area contributed by atoms with Crippen molar-refractivity contribution < 1.29 is 19.3 Å². The third-order valence-electron chi connectivity index (χ3n) is 2.48. The van der Waals surface area contributed by atoms with Crippen molar-refractivity contribution in [2.45, 2.75) is 51.0 Å². The minimum absolute atomic E-state index is 0.0400. The highest BCUT2D eigenvalue weighted by Crippen LogP contribution is 2.34. The van der Waals surface area contributed by atoms with E-state index >= 15 is 0 Å². The van der Waals surface area contributed by atoms with Crippen LogP contribution in [0.4, 0.5) is 0 Å². The molecule has 2 aliphatic rings. The second-order valence-corrected chi connectivity index (χ2v) is 4.17. The van der Waals surface area contributed by atoms with Gasteiger partial charge in [0.1, 0.15) is 18.3 Å². The summed E-state index contributed by atoms with van der Waals surface area (Å²) in [6, 6.07) is 0. The van der Waals surface area contributed by atoms with E-state index in [1.54, 1.807) is 0 Å². The monoisotopic (exact) mass is 188 g/mol. The summed E-state index contributed by atoms with van der Waals surface area (Å²) >= 11 is 0. The van der Waals surface area contributed by atoms with Crippen molar-refractivity contribution in [2.24, 2.45) is 0 Å². The zero-order valence-corrected chi connectivity index (χ0v) is 8.19. The lowest BCUT2D eigenvalue weighted by Gasteiger charge is -2.38. The number of hydrogen-bond donors (Lipinski definition) is 1. The largest absolute Gasteiger partial charge is 0.388 e. The van der Waals surface area contributed by atoms with Crippen LogP contribution in [0.1, 0.15) is 20.8 Å². The van der Waals surface area contributed by atoms with E-state index in [2.05, 4.69) is 0 Å². The topological polar surface area (TPSA) is 51.2 Å². The minimum atomic E-state index is -0.602. The van der Waals surface area contributed by atoms with E-state index < -0.39 is 11.9 Å². The fourth-order valence-electron chi connectivity index (χ4n) is 1.65. The Hall–Kier alpha value is -0.160. The highest BCUT2D eigenvalue weighted by atomic mass is 16.7. The first-order valence-corrected chi connectivity index (χ1v) is 4.65. The molecule has 4 nitrogen and oxygen atoms in total. The van der Waals surface area contributed by atoms with Crippen LogP contribution in [0.5, 0.6) is 0 Å². The average molecular weight is 188 g/mol. The van der Waals surface area contributed by atoms with E-state index in [1.807, 2.05) is 20.8 Å². The van der Waals surface area contributed by atoms with Gasteiger partial charge in [-0.2, -0.15) is 0 Å². The van der Waals surface area contributed by atoms with Gasteiger partial charge in [0.2, 0.25) is 0 Å². The van der Waals surface area contributed by atoms with Gasteiger partial charge < -0.3 is 19.3 Å². The van der Waals surface area contributed by atoms with Crippen LogP contribution in [0.15, 0.2) is 0 Å². The first kappa shape index (κ1) is 9.40. The Morgan fingerprint density at radius 2 is 1.92 bits per heavy atom. The van der Waals surface area contributed by atoms with Gasteiger partial charge >= 0.3 is 0 Å². The molecule has 0 aromatic heterocycles. The lowest BCUT2D eigenvalue weighted by Crippen LogP contribution is -2.51. The lowest BCUT2D eigenvalue weighted by molar-refractivity contribution is -0.306. The summed E-state index contributed by atoms with van der Waals surface area (Å²) in [5.41, 5.74) is 0. The molecule has 4 atom stereocenters. The molecule has 1 N–H and O–H groups in total. The van der Waals surface area contributed by atoms with Crippen molar-refractivity contribution in [2.75, 3.05) is 6.61 Å². The fraction of sp³-hybridized carbons (Fsp3) is 1.00. The molecule has 0 amide bonds. The van der Waals surface area contributed by atoms with Gasteiger partial charge in [0.05, 0.1) is 12.7 Å². The van der Waals surface area contributed by atoms with Crippen LogP contribution >= 0.6 is 0 Å². The molecule has 0 radical (unpaired) electrons. The highest BCUT2D eigenvalue weighted by Gasteiger charge is 2.50. The standard InChI is InChI=1S/C9H16O4/c1-5-7(12-5)8-6(10)4-11-9(2,3)13-8/h5-8,10H,4H2,1-3H3/t5-,6-,7+,8-/m1/s1. The molecule has 2 heterocycles. The predicted octanol–water partition coefficient (Wildman–Crippen LogP) is 0.286. The highest BCUT2D eigenvalue weighted by molar-refractivity contribution is 4.94. The molecule has 0 unspecified atom stereocenters. The van der Waals surface area contributed by atoms with Crippen molar-refractivity contribution in [1.29, 1.82) is 0 Å². The van der Waals surface area contributed by atoms with Gasteiger partial charge in [-0.05, 0) is 20.8 Å². The van der Waals surface area contributed by atoms with E-state index in [4.69, 9.17) is 14.2 Å². The molecule has 0 spiro atoms. The number of hydrogen-bond acceptors (Lipinski definition) is 4. The molecule has 2 saturated heterocycles. The lowest BCUT2D eigenvalue weighted by atomic mass is 10.1. The average Bonchev–Trinajstić information content (AvgIpc) is 2.73. The van der Waals surface area contributed by atoms with Gasteiger partial charge in [-0.3, -0.25) is 0 Å². The molecule has 13 heavy (non-hydrogen) atoms. The molecule has 4 heteroatoms. The van der Waals surface area contributed by atoms with E-state index in [1.165, 1.54) is 0 Å². The molecule has 0 bridgehead atoms. The zero-order valence-electron chi connectivity index (χ0n) is 8.19. The Morgan fingerprint density at radius 1 is 1.31 bits per heavy atom. The Balaban J connectivity index is 1.99. The van der Waals surface area contributed by atoms with Crippen LogP contribution in [0.25, 0.3) is 0 Å². The van der Waals surface area contributed by atoms with Crippen LogP contribution in [-0.2, 0) is 14.2 Å². The van der Waals surface area contributed by atoms with Gasteiger partial charge in [0.25, 0.3) is 0 Å². The molecule has 76 valence electrons. The second-order valence-electron chi connectivity index (χ2n) is 4.17. The number of ether oxygens (including phenoxy) is 3. The van der Waals surface area contributed by atoms with Crippen molar-refractivity contribution in [3.8, 4) is 0 Å². The summed E-state index contributed by atoms with van der Waals surface area (Å²) in [6.45, 7) is 5.99. The smallest absolute Gasteiger partial charge is 0.163 e. The maximum absolute atomic E-state index is 9.60. The summed E-state index contributed by atoms with van der Waals surface area (Å²) in [6.07, 6.45) is -0.562. The normalized spacial score (nSPS) is 48.9.